The van der Waals surface area contributed by atoms with E-state index in [4.69, 9.17) is 5.73 Å². The number of aryl methyl sites for hydroxylation is 1. The largest absolute Gasteiger partial charge is 0.390 e. The summed E-state index contributed by atoms with van der Waals surface area (Å²) in [6.07, 6.45) is -5.11. The van der Waals surface area contributed by atoms with E-state index in [1.54, 1.807) is 0 Å². The number of anilines is 1. The molecule has 0 fully saturated rings. The zero-order valence-corrected chi connectivity index (χ0v) is 8.54. The number of hydrogen-bond donors (Lipinski definition) is 1. The maximum absolute atomic E-state index is 12.0. The molecule has 0 atom stereocenters. The smallest absolute Gasteiger partial charge is 0.381 e. The first-order chi connectivity index (χ1) is 6.81. The first-order valence-electron chi connectivity index (χ1n) is 4.57. The summed E-state index contributed by atoms with van der Waals surface area (Å²) in [6, 6.07) is 0. The fourth-order valence-corrected chi connectivity index (χ4v) is 1.33. The molecule has 0 saturated heterocycles. The monoisotopic (exact) mass is 222 g/mol. The lowest BCUT2D eigenvalue weighted by molar-refractivity contribution is -0.137. The lowest BCUT2D eigenvalue weighted by Gasteiger charge is -2.10. The number of nitrogen functional groups attached to an aromatic ring is 1. The molecule has 86 valence electrons. The number of halogens is 3. The molecule has 1 aromatic heterocycles. The molecule has 0 unspecified atom stereocenters. The van der Waals surface area contributed by atoms with Gasteiger partial charge in [0.05, 0.1) is 18.7 Å². The molecule has 15 heavy (non-hydrogen) atoms. The summed E-state index contributed by atoms with van der Waals surface area (Å²) in [5.74, 6) is 0.209. The molecule has 0 aliphatic rings. The third-order valence-electron chi connectivity index (χ3n) is 1.95. The third-order valence-corrected chi connectivity index (χ3v) is 1.95. The average molecular weight is 222 g/mol. The van der Waals surface area contributed by atoms with Gasteiger partial charge in [-0.2, -0.15) is 13.2 Å². The second-order valence-electron chi connectivity index (χ2n) is 3.60. The molecule has 0 spiro atoms. The lowest BCUT2D eigenvalue weighted by atomic mass is 10.1. The van der Waals surface area contributed by atoms with Crippen LogP contribution in [0.5, 0.6) is 0 Å². The standard InChI is InChI=1S/C8H13F3N4/c1-5(2)6-7(12)13-14-15(6)4-3-8(9,10)11/h5H,3-4,12H2,1-2H3. The predicted molar refractivity (Wildman–Crippen MR) is 49.2 cm³/mol. The quantitative estimate of drug-likeness (QED) is 0.850. The van der Waals surface area contributed by atoms with Crippen LogP contribution in [0.4, 0.5) is 19.0 Å². The van der Waals surface area contributed by atoms with Crippen molar-refractivity contribution in [3.8, 4) is 0 Å². The average Bonchev–Trinajstić information content (AvgIpc) is 2.42. The van der Waals surface area contributed by atoms with Gasteiger partial charge < -0.3 is 5.73 Å². The van der Waals surface area contributed by atoms with Crippen molar-refractivity contribution in [2.75, 3.05) is 5.73 Å². The number of alkyl halides is 3. The van der Waals surface area contributed by atoms with Gasteiger partial charge in [-0.1, -0.05) is 19.1 Å². The van der Waals surface area contributed by atoms with Crippen LogP contribution in [0.15, 0.2) is 0 Å². The van der Waals surface area contributed by atoms with Crippen molar-refractivity contribution in [3.63, 3.8) is 0 Å². The molecule has 1 aromatic rings. The Morgan fingerprint density at radius 3 is 2.47 bits per heavy atom. The highest BCUT2D eigenvalue weighted by Crippen LogP contribution is 2.23. The molecule has 0 bridgehead atoms. The van der Waals surface area contributed by atoms with Gasteiger partial charge in [0.25, 0.3) is 0 Å². The van der Waals surface area contributed by atoms with Crippen LogP contribution in [0, 0.1) is 0 Å². The minimum Gasteiger partial charge on any atom is -0.381 e. The number of nitrogens with two attached hydrogens (primary N) is 1. The van der Waals surface area contributed by atoms with Crippen LogP contribution in [0.2, 0.25) is 0 Å². The summed E-state index contributed by atoms with van der Waals surface area (Å²) in [5, 5.41) is 7.14. The normalized spacial score (nSPS) is 12.4. The highest BCUT2D eigenvalue weighted by Gasteiger charge is 2.28. The zero-order chi connectivity index (χ0) is 11.6. The molecule has 4 nitrogen and oxygen atoms in total. The molecular weight excluding hydrogens is 209 g/mol. The van der Waals surface area contributed by atoms with Crippen LogP contribution in [-0.2, 0) is 6.54 Å². The van der Waals surface area contributed by atoms with E-state index in [0.717, 1.165) is 0 Å². The van der Waals surface area contributed by atoms with Crippen LogP contribution < -0.4 is 5.73 Å². The summed E-state index contributed by atoms with van der Waals surface area (Å²) in [4.78, 5) is 0. The van der Waals surface area contributed by atoms with Crippen molar-refractivity contribution >= 4 is 5.82 Å². The van der Waals surface area contributed by atoms with Gasteiger partial charge in [-0.05, 0) is 5.92 Å². The van der Waals surface area contributed by atoms with Gasteiger partial charge in [0.1, 0.15) is 0 Å². The van der Waals surface area contributed by atoms with Crippen molar-refractivity contribution in [2.45, 2.75) is 38.9 Å². The molecule has 0 amide bonds. The summed E-state index contributed by atoms with van der Waals surface area (Å²) in [7, 11) is 0. The molecule has 1 rings (SSSR count). The van der Waals surface area contributed by atoms with E-state index in [1.165, 1.54) is 4.68 Å². The molecular formula is C8H13F3N4. The molecule has 0 radical (unpaired) electrons. The van der Waals surface area contributed by atoms with Gasteiger partial charge in [-0.25, -0.2) is 4.68 Å². The zero-order valence-electron chi connectivity index (χ0n) is 8.54. The minimum absolute atomic E-state index is 0.00762. The first-order valence-corrected chi connectivity index (χ1v) is 4.57. The second kappa shape index (κ2) is 4.08. The molecule has 2 N–H and O–H groups in total. The Morgan fingerprint density at radius 2 is 2.00 bits per heavy atom. The SMILES string of the molecule is CC(C)c1c(N)nnn1CCC(F)(F)F. The predicted octanol–water partition coefficient (Wildman–Crippen LogP) is 1.94. The van der Waals surface area contributed by atoms with E-state index in [-0.39, 0.29) is 18.3 Å². The third kappa shape index (κ3) is 3.10. The second-order valence-corrected chi connectivity index (χ2v) is 3.60. The summed E-state index contributed by atoms with van der Waals surface area (Å²) in [6.45, 7) is 3.43. The van der Waals surface area contributed by atoms with Gasteiger partial charge in [-0.15, -0.1) is 5.10 Å². The molecule has 0 aromatic carbocycles. The Balaban J connectivity index is 2.78. The van der Waals surface area contributed by atoms with Crippen LogP contribution in [0.1, 0.15) is 31.9 Å². The van der Waals surface area contributed by atoms with E-state index >= 15 is 0 Å². The van der Waals surface area contributed by atoms with E-state index in [9.17, 15) is 13.2 Å². The number of rotatable bonds is 3. The molecule has 7 heteroatoms. The molecule has 0 aliphatic heterocycles. The Kier molecular flexibility index (Phi) is 3.21. The lowest BCUT2D eigenvalue weighted by Crippen LogP contribution is -2.15. The van der Waals surface area contributed by atoms with E-state index in [1.807, 2.05) is 13.8 Å². The van der Waals surface area contributed by atoms with Crippen LogP contribution in [-0.4, -0.2) is 21.2 Å². The summed E-state index contributed by atoms with van der Waals surface area (Å²) in [5.41, 5.74) is 6.06. The van der Waals surface area contributed by atoms with Crippen molar-refractivity contribution < 1.29 is 13.2 Å². The Hall–Kier alpha value is -1.27. The Bertz CT molecular complexity index is 329. The maximum atomic E-state index is 12.0. The van der Waals surface area contributed by atoms with Crippen molar-refractivity contribution in [1.29, 1.82) is 0 Å². The van der Waals surface area contributed by atoms with Gasteiger partial charge in [0.15, 0.2) is 5.82 Å². The topological polar surface area (TPSA) is 56.7 Å². The van der Waals surface area contributed by atoms with E-state index in [0.29, 0.717) is 5.69 Å². The van der Waals surface area contributed by atoms with Crippen molar-refractivity contribution in [2.24, 2.45) is 0 Å². The van der Waals surface area contributed by atoms with E-state index < -0.39 is 12.6 Å². The van der Waals surface area contributed by atoms with Gasteiger partial charge in [0, 0.05) is 0 Å². The van der Waals surface area contributed by atoms with Gasteiger partial charge >= 0.3 is 6.18 Å². The fraction of sp³-hybridized carbons (Fsp3) is 0.750. The Labute approximate surface area is 85.3 Å². The minimum atomic E-state index is -4.19. The number of aromatic nitrogens is 3. The van der Waals surface area contributed by atoms with Gasteiger partial charge in [0.2, 0.25) is 0 Å². The highest BCUT2D eigenvalue weighted by molar-refractivity contribution is 5.34. The van der Waals surface area contributed by atoms with Crippen LogP contribution in [0.3, 0.4) is 0 Å². The summed E-state index contributed by atoms with van der Waals surface area (Å²) >= 11 is 0. The Morgan fingerprint density at radius 1 is 1.40 bits per heavy atom. The van der Waals surface area contributed by atoms with Crippen molar-refractivity contribution in [3.05, 3.63) is 5.69 Å². The van der Waals surface area contributed by atoms with Crippen LogP contribution >= 0.6 is 0 Å². The highest BCUT2D eigenvalue weighted by atomic mass is 19.4. The fourth-order valence-electron chi connectivity index (χ4n) is 1.33. The molecule has 1 heterocycles. The molecule has 0 saturated carbocycles. The first kappa shape index (κ1) is 11.8. The van der Waals surface area contributed by atoms with E-state index in [2.05, 4.69) is 10.3 Å². The van der Waals surface area contributed by atoms with Crippen molar-refractivity contribution in [1.82, 2.24) is 15.0 Å². The number of nitrogens with zero attached hydrogens (tertiary/aromatic N) is 3. The molecule has 0 aliphatic carbocycles. The van der Waals surface area contributed by atoms with Gasteiger partial charge in [-0.3, -0.25) is 0 Å². The summed E-state index contributed by atoms with van der Waals surface area (Å²) < 4.78 is 37.2. The number of hydrogen-bond acceptors (Lipinski definition) is 3. The van der Waals surface area contributed by atoms with Crippen LogP contribution in [0.25, 0.3) is 0 Å². The maximum Gasteiger partial charge on any atom is 0.390 e.